The molecule has 2 aromatic carbocycles. The van der Waals surface area contributed by atoms with Crippen molar-refractivity contribution in [2.24, 2.45) is 0 Å². The zero-order valence-electron chi connectivity index (χ0n) is 12.1. The van der Waals surface area contributed by atoms with Crippen LogP contribution < -0.4 is 0 Å². The van der Waals surface area contributed by atoms with E-state index in [2.05, 4.69) is 0 Å². The summed E-state index contributed by atoms with van der Waals surface area (Å²) in [5.74, 6) is -0.402. The van der Waals surface area contributed by atoms with Crippen LogP contribution in [0.3, 0.4) is 0 Å². The molecule has 2 aromatic rings. The average Bonchev–Trinajstić information content (AvgIpc) is 2.96. The van der Waals surface area contributed by atoms with E-state index in [-0.39, 0.29) is 5.75 Å². The van der Waals surface area contributed by atoms with E-state index in [1.165, 1.54) is 5.56 Å². The second kappa shape index (κ2) is 5.60. The van der Waals surface area contributed by atoms with E-state index in [0.717, 1.165) is 36.0 Å². The third-order valence-corrected chi connectivity index (χ3v) is 3.95. The minimum absolute atomic E-state index is 0.0213. The minimum atomic E-state index is -0.423. The molecular weight excluding hydrogens is 264 g/mol. The molecule has 0 amide bonds. The summed E-state index contributed by atoms with van der Waals surface area (Å²) in [7, 11) is 0. The molecule has 0 radical (unpaired) electrons. The summed E-state index contributed by atoms with van der Waals surface area (Å²) in [6.07, 6.45) is 2.76. The highest BCUT2D eigenvalue weighted by molar-refractivity contribution is 5.96. The third kappa shape index (κ3) is 2.40. The van der Waals surface area contributed by atoms with Crippen molar-refractivity contribution in [3.8, 4) is 16.9 Å². The van der Waals surface area contributed by atoms with Gasteiger partial charge in [0.05, 0.1) is 6.61 Å². The summed E-state index contributed by atoms with van der Waals surface area (Å²) in [6.45, 7) is 2.08. The van der Waals surface area contributed by atoms with Crippen LogP contribution in [0, 0.1) is 0 Å². The summed E-state index contributed by atoms with van der Waals surface area (Å²) >= 11 is 0. The molecular formula is C18H18O3. The summed E-state index contributed by atoms with van der Waals surface area (Å²) in [5, 5.41) is 10.3. The molecule has 0 saturated carbocycles. The summed E-state index contributed by atoms with van der Waals surface area (Å²) < 4.78 is 5.08. The number of phenols is 1. The van der Waals surface area contributed by atoms with Gasteiger partial charge in [-0.2, -0.15) is 0 Å². The van der Waals surface area contributed by atoms with Crippen LogP contribution in [0.4, 0.5) is 0 Å². The van der Waals surface area contributed by atoms with E-state index in [1.807, 2.05) is 30.3 Å². The second-order valence-corrected chi connectivity index (χ2v) is 5.22. The Morgan fingerprint density at radius 1 is 1.19 bits per heavy atom. The first-order valence-corrected chi connectivity index (χ1v) is 7.32. The zero-order valence-corrected chi connectivity index (χ0v) is 12.1. The van der Waals surface area contributed by atoms with E-state index in [4.69, 9.17) is 4.74 Å². The Hall–Kier alpha value is -2.29. The highest BCUT2D eigenvalue weighted by atomic mass is 16.5. The average molecular weight is 282 g/mol. The molecule has 1 aliphatic carbocycles. The Labute approximate surface area is 124 Å². The van der Waals surface area contributed by atoms with Gasteiger partial charge in [0.25, 0.3) is 0 Å². The fourth-order valence-electron chi connectivity index (χ4n) is 3.07. The van der Waals surface area contributed by atoms with Crippen LogP contribution >= 0.6 is 0 Å². The van der Waals surface area contributed by atoms with Crippen molar-refractivity contribution >= 4 is 5.97 Å². The molecule has 0 unspecified atom stereocenters. The van der Waals surface area contributed by atoms with Crippen LogP contribution in [0.1, 0.15) is 34.8 Å². The fraction of sp³-hybridized carbons (Fsp3) is 0.278. The predicted octanol–water partition coefficient (Wildman–Crippen LogP) is 3.72. The van der Waals surface area contributed by atoms with Gasteiger partial charge in [0, 0.05) is 0 Å². The lowest BCUT2D eigenvalue weighted by Gasteiger charge is -2.14. The van der Waals surface area contributed by atoms with Gasteiger partial charge in [-0.3, -0.25) is 0 Å². The van der Waals surface area contributed by atoms with Crippen molar-refractivity contribution in [2.45, 2.75) is 26.2 Å². The number of carbonyl (C=O) groups excluding carboxylic acids is 1. The first kappa shape index (κ1) is 13.7. The van der Waals surface area contributed by atoms with Crippen LogP contribution in [0.5, 0.6) is 5.75 Å². The number of benzene rings is 2. The molecule has 0 atom stereocenters. The van der Waals surface area contributed by atoms with Gasteiger partial charge >= 0.3 is 5.97 Å². The summed E-state index contributed by atoms with van der Waals surface area (Å²) in [6, 6.07) is 11.7. The van der Waals surface area contributed by atoms with Gasteiger partial charge in [0.2, 0.25) is 0 Å². The van der Waals surface area contributed by atoms with Crippen molar-refractivity contribution in [1.82, 2.24) is 0 Å². The Bertz CT molecular complexity index is 675. The van der Waals surface area contributed by atoms with Gasteiger partial charge in [-0.05, 0) is 54.5 Å². The van der Waals surface area contributed by atoms with Crippen molar-refractivity contribution in [3.63, 3.8) is 0 Å². The molecule has 21 heavy (non-hydrogen) atoms. The molecule has 1 aliphatic rings. The standard InChI is InChI=1S/C18H18O3/c1-2-21-18(20)17-14-10-6-9-13(14)15(11-16(17)19)12-7-4-3-5-8-12/h3-5,7-8,11,19H,2,6,9-10H2,1H3. The number of fused-ring (bicyclic) bond motifs is 1. The first-order valence-electron chi connectivity index (χ1n) is 7.32. The molecule has 0 aliphatic heterocycles. The number of esters is 1. The molecule has 3 nitrogen and oxygen atoms in total. The Balaban J connectivity index is 2.17. The van der Waals surface area contributed by atoms with Crippen LogP contribution in [0.2, 0.25) is 0 Å². The molecule has 0 bridgehead atoms. The molecule has 3 heteroatoms. The number of rotatable bonds is 3. The SMILES string of the molecule is CCOC(=O)c1c(O)cc(-c2ccccc2)c2c1CCC2. The monoisotopic (exact) mass is 282 g/mol. The van der Waals surface area contributed by atoms with Gasteiger partial charge in [0.15, 0.2) is 0 Å². The number of carbonyl (C=O) groups is 1. The van der Waals surface area contributed by atoms with E-state index in [1.54, 1.807) is 13.0 Å². The van der Waals surface area contributed by atoms with E-state index >= 15 is 0 Å². The maximum Gasteiger partial charge on any atom is 0.342 e. The minimum Gasteiger partial charge on any atom is -0.507 e. The third-order valence-electron chi connectivity index (χ3n) is 3.95. The van der Waals surface area contributed by atoms with Crippen molar-refractivity contribution in [3.05, 3.63) is 53.1 Å². The van der Waals surface area contributed by atoms with Gasteiger partial charge in [-0.25, -0.2) is 4.79 Å². The Kier molecular flexibility index (Phi) is 3.65. The largest absolute Gasteiger partial charge is 0.507 e. The number of hydrogen-bond acceptors (Lipinski definition) is 3. The molecule has 0 saturated heterocycles. The molecule has 0 spiro atoms. The fourth-order valence-corrected chi connectivity index (χ4v) is 3.07. The maximum atomic E-state index is 12.1. The molecule has 1 N–H and O–H groups in total. The highest BCUT2D eigenvalue weighted by Gasteiger charge is 2.26. The predicted molar refractivity (Wildman–Crippen MR) is 81.5 cm³/mol. The van der Waals surface area contributed by atoms with Crippen molar-refractivity contribution in [2.75, 3.05) is 6.61 Å². The van der Waals surface area contributed by atoms with E-state index < -0.39 is 5.97 Å². The quantitative estimate of drug-likeness (QED) is 0.873. The summed E-state index contributed by atoms with van der Waals surface area (Å²) in [4.78, 5) is 12.1. The van der Waals surface area contributed by atoms with Gasteiger partial charge < -0.3 is 9.84 Å². The first-order chi connectivity index (χ1) is 10.2. The van der Waals surface area contributed by atoms with Crippen LogP contribution in [0.15, 0.2) is 36.4 Å². The number of phenolic OH excluding ortho intramolecular Hbond substituents is 1. The lowest BCUT2D eigenvalue weighted by Crippen LogP contribution is -2.09. The summed E-state index contributed by atoms with van der Waals surface area (Å²) in [5.41, 5.74) is 4.56. The lowest BCUT2D eigenvalue weighted by molar-refractivity contribution is 0.0522. The normalized spacial score (nSPS) is 13.0. The lowest BCUT2D eigenvalue weighted by atomic mass is 9.93. The Morgan fingerprint density at radius 3 is 2.62 bits per heavy atom. The molecule has 108 valence electrons. The molecule has 0 heterocycles. The molecule has 0 fully saturated rings. The highest BCUT2D eigenvalue weighted by Crippen LogP contribution is 2.39. The molecule has 3 rings (SSSR count). The second-order valence-electron chi connectivity index (χ2n) is 5.22. The van der Waals surface area contributed by atoms with E-state index in [0.29, 0.717) is 12.2 Å². The van der Waals surface area contributed by atoms with Crippen molar-refractivity contribution < 1.29 is 14.6 Å². The van der Waals surface area contributed by atoms with Gasteiger partial charge in [-0.1, -0.05) is 30.3 Å². The number of ether oxygens (including phenoxy) is 1. The van der Waals surface area contributed by atoms with E-state index in [9.17, 15) is 9.90 Å². The van der Waals surface area contributed by atoms with Crippen LogP contribution in [-0.4, -0.2) is 17.7 Å². The van der Waals surface area contributed by atoms with Crippen LogP contribution in [0.25, 0.3) is 11.1 Å². The number of hydrogen-bond donors (Lipinski definition) is 1. The van der Waals surface area contributed by atoms with Crippen molar-refractivity contribution in [1.29, 1.82) is 0 Å². The topological polar surface area (TPSA) is 46.5 Å². The van der Waals surface area contributed by atoms with Gasteiger partial charge in [0.1, 0.15) is 11.3 Å². The van der Waals surface area contributed by atoms with Gasteiger partial charge in [-0.15, -0.1) is 0 Å². The van der Waals surface area contributed by atoms with Crippen LogP contribution in [-0.2, 0) is 17.6 Å². The molecule has 0 aromatic heterocycles. The number of aromatic hydroxyl groups is 1. The smallest absolute Gasteiger partial charge is 0.342 e. The maximum absolute atomic E-state index is 12.1. The Morgan fingerprint density at radius 2 is 1.90 bits per heavy atom. The zero-order chi connectivity index (χ0) is 14.8.